The zero-order chi connectivity index (χ0) is 28.9. The van der Waals surface area contributed by atoms with Crippen molar-refractivity contribution in [2.45, 2.75) is 12.5 Å². The molecule has 2 aromatic rings. The first kappa shape index (κ1) is 28.0. The molecule has 0 saturated carbocycles. The summed E-state index contributed by atoms with van der Waals surface area (Å²) in [6.45, 7) is 0.744. The predicted molar refractivity (Wildman–Crippen MR) is 144 cm³/mol. The fourth-order valence-electron chi connectivity index (χ4n) is 5.47. The maximum Gasteiger partial charge on any atom is 0.320 e. The minimum atomic E-state index is -1.89. The van der Waals surface area contributed by atoms with Gasteiger partial charge in [-0.25, -0.2) is 0 Å². The van der Waals surface area contributed by atoms with Crippen molar-refractivity contribution in [2.75, 3.05) is 41.0 Å². The molecule has 2 N–H and O–H groups in total. The van der Waals surface area contributed by atoms with Crippen LogP contribution in [0.5, 0.6) is 17.2 Å². The molecule has 10 nitrogen and oxygen atoms in total. The zero-order valence-electron chi connectivity index (χ0n) is 22.5. The summed E-state index contributed by atoms with van der Waals surface area (Å²) in [4.78, 5) is 14.6. The average Bonchev–Trinajstić information content (AvgIpc) is 2.99. The fourth-order valence-corrected chi connectivity index (χ4v) is 5.47. The van der Waals surface area contributed by atoms with E-state index in [0.717, 1.165) is 5.56 Å². The summed E-state index contributed by atoms with van der Waals surface area (Å²) >= 11 is 0. The maximum atomic E-state index is 12.7. The summed E-state index contributed by atoms with van der Waals surface area (Å²) in [5.74, 6) is -0.683. The van der Waals surface area contributed by atoms with Gasteiger partial charge in [-0.3, -0.25) is 9.69 Å². The Kier molecular flexibility index (Phi) is 8.29. The first-order valence-corrected chi connectivity index (χ1v) is 12.5. The fraction of sp³-hybridized carbons (Fsp3) is 0.333. The topological polar surface area (TPSA) is 155 Å². The molecule has 0 bridgehead atoms. The smallest absolute Gasteiger partial charge is 0.320 e. The van der Waals surface area contributed by atoms with Gasteiger partial charge in [0.2, 0.25) is 0 Å². The lowest BCUT2D eigenvalue weighted by atomic mass is 9.58. The Morgan fingerprint density at radius 2 is 1.68 bits per heavy atom. The Balaban J connectivity index is 1.76. The summed E-state index contributed by atoms with van der Waals surface area (Å²) in [6.07, 6.45) is 1.82. The molecule has 40 heavy (non-hydrogen) atoms. The van der Waals surface area contributed by atoms with Crippen molar-refractivity contribution in [3.8, 4) is 35.5 Å². The number of allylic oxidation sites excluding steroid dienone is 2. The molecule has 4 rings (SSSR count). The van der Waals surface area contributed by atoms with Crippen LogP contribution in [-0.2, 0) is 16.1 Å². The van der Waals surface area contributed by atoms with Crippen LogP contribution in [0, 0.1) is 45.3 Å². The normalized spacial score (nSPS) is 19.6. The van der Waals surface area contributed by atoms with Gasteiger partial charge >= 0.3 is 5.97 Å². The number of benzene rings is 2. The Hall–Kier alpha value is -4.98. The Labute approximate surface area is 233 Å². The van der Waals surface area contributed by atoms with Crippen LogP contribution in [0.1, 0.15) is 17.0 Å². The van der Waals surface area contributed by atoms with Gasteiger partial charge in [0.1, 0.15) is 18.4 Å². The highest BCUT2D eigenvalue weighted by Crippen LogP contribution is 2.56. The van der Waals surface area contributed by atoms with Crippen molar-refractivity contribution in [1.29, 1.82) is 15.8 Å². The molecule has 2 aliphatic rings. The van der Waals surface area contributed by atoms with E-state index in [4.69, 9.17) is 24.7 Å². The van der Waals surface area contributed by atoms with E-state index in [-0.39, 0.29) is 31.0 Å². The van der Waals surface area contributed by atoms with Crippen molar-refractivity contribution >= 4 is 5.97 Å². The molecule has 10 heteroatoms. The molecule has 1 heterocycles. The van der Waals surface area contributed by atoms with E-state index in [0.29, 0.717) is 34.9 Å². The second-order valence-electron chi connectivity index (χ2n) is 9.47. The first-order valence-electron chi connectivity index (χ1n) is 12.5. The van der Waals surface area contributed by atoms with Gasteiger partial charge in [-0.05, 0) is 17.2 Å². The molecule has 0 amide bonds. The summed E-state index contributed by atoms with van der Waals surface area (Å²) in [5.41, 5.74) is 6.53. The molecular formula is C30H29N5O5. The second kappa shape index (κ2) is 11.8. The molecule has 0 spiro atoms. The molecule has 1 aliphatic carbocycles. The summed E-state index contributed by atoms with van der Waals surface area (Å²) < 4.78 is 22.1. The summed E-state index contributed by atoms with van der Waals surface area (Å²) in [6, 6.07) is 19.0. The zero-order valence-corrected chi connectivity index (χ0v) is 22.5. The van der Waals surface area contributed by atoms with Gasteiger partial charge < -0.3 is 24.7 Å². The highest BCUT2D eigenvalue weighted by molar-refractivity contribution is 5.72. The number of fused-ring (bicyclic) bond motifs is 1. The quantitative estimate of drug-likeness (QED) is 0.495. The highest BCUT2D eigenvalue weighted by Gasteiger charge is 2.55. The number of ether oxygens (including phenoxy) is 4. The van der Waals surface area contributed by atoms with Crippen LogP contribution >= 0.6 is 0 Å². The minimum Gasteiger partial charge on any atom is -0.496 e. The minimum absolute atomic E-state index is 0.0178. The molecule has 0 fully saturated rings. The third-order valence-electron chi connectivity index (χ3n) is 7.41. The number of carbonyl (C=O) groups is 1. The third kappa shape index (κ3) is 4.91. The number of hydrogen-bond donors (Lipinski definition) is 1. The van der Waals surface area contributed by atoms with Crippen molar-refractivity contribution < 1.29 is 23.7 Å². The number of hydrogen-bond acceptors (Lipinski definition) is 10. The Bertz CT molecular complexity index is 1460. The van der Waals surface area contributed by atoms with E-state index < -0.39 is 23.2 Å². The van der Waals surface area contributed by atoms with E-state index in [1.165, 1.54) is 21.3 Å². The molecule has 0 aromatic heterocycles. The lowest BCUT2D eigenvalue weighted by Gasteiger charge is -2.45. The van der Waals surface area contributed by atoms with Crippen molar-refractivity contribution in [2.24, 2.45) is 17.1 Å². The van der Waals surface area contributed by atoms with E-state index in [2.05, 4.69) is 18.2 Å². The molecule has 204 valence electrons. The van der Waals surface area contributed by atoms with Crippen molar-refractivity contribution in [3.63, 3.8) is 0 Å². The van der Waals surface area contributed by atoms with Gasteiger partial charge in [0.25, 0.3) is 0 Å². The van der Waals surface area contributed by atoms with Gasteiger partial charge in [-0.2, -0.15) is 15.8 Å². The van der Waals surface area contributed by atoms with E-state index >= 15 is 0 Å². The standard InChI is InChI=1S/C30H29N5O5/c1-37-24-12-26(39-3)25(38-2)11-21(24)28-23-14-35(15-27(36)40-16-19-7-5-4-6-8-19)10-9-20(23)22(13-31)29(34)30(28,17-32)18-33/h4-9,11-12,23,28H,10,14-16,34H2,1-3H3/t23-,28+/m0/s1. The van der Waals surface area contributed by atoms with Crippen LogP contribution in [0.2, 0.25) is 0 Å². The van der Waals surface area contributed by atoms with Crippen LogP contribution in [0.25, 0.3) is 0 Å². The molecule has 1 aliphatic heterocycles. The van der Waals surface area contributed by atoms with Crippen LogP contribution < -0.4 is 19.9 Å². The highest BCUT2D eigenvalue weighted by atomic mass is 16.5. The van der Waals surface area contributed by atoms with Gasteiger partial charge in [-0.1, -0.05) is 36.4 Å². The molecule has 0 unspecified atom stereocenters. The molecule has 0 radical (unpaired) electrons. The number of nitriles is 3. The van der Waals surface area contributed by atoms with Crippen LogP contribution in [0.4, 0.5) is 0 Å². The lowest BCUT2D eigenvalue weighted by molar-refractivity contribution is -0.146. The third-order valence-corrected chi connectivity index (χ3v) is 7.41. The number of esters is 1. The predicted octanol–water partition coefficient (Wildman–Crippen LogP) is 3.18. The summed E-state index contributed by atoms with van der Waals surface area (Å²) in [7, 11) is 4.44. The van der Waals surface area contributed by atoms with E-state index in [1.54, 1.807) is 12.1 Å². The van der Waals surface area contributed by atoms with Crippen LogP contribution in [-0.4, -0.2) is 51.8 Å². The average molecular weight is 540 g/mol. The molecule has 2 atom stereocenters. The van der Waals surface area contributed by atoms with Gasteiger partial charge in [0, 0.05) is 36.6 Å². The SMILES string of the molecule is COc1cc(OC)c([C@@H]2[C@H]3CN(CC(=O)OCc4ccccc4)CC=C3C(C#N)=C(N)C2(C#N)C#N)cc1OC. The summed E-state index contributed by atoms with van der Waals surface area (Å²) in [5, 5.41) is 30.9. The van der Waals surface area contributed by atoms with Crippen LogP contribution in [0.15, 0.2) is 65.4 Å². The molecular weight excluding hydrogens is 510 g/mol. The van der Waals surface area contributed by atoms with Gasteiger partial charge in [-0.15, -0.1) is 0 Å². The van der Waals surface area contributed by atoms with Crippen molar-refractivity contribution in [1.82, 2.24) is 4.90 Å². The number of rotatable bonds is 8. The first-order chi connectivity index (χ1) is 19.4. The number of methoxy groups -OCH3 is 3. The van der Waals surface area contributed by atoms with Crippen LogP contribution in [0.3, 0.4) is 0 Å². The van der Waals surface area contributed by atoms with E-state index in [1.807, 2.05) is 41.3 Å². The Morgan fingerprint density at radius 3 is 2.27 bits per heavy atom. The van der Waals surface area contributed by atoms with Gasteiger partial charge in [0.05, 0.1) is 51.3 Å². The molecule has 0 saturated heterocycles. The Morgan fingerprint density at radius 1 is 1.02 bits per heavy atom. The van der Waals surface area contributed by atoms with E-state index in [9.17, 15) is 20.6 Å². The monoisotopic (exact) mass is 539 g/mol. The number of carbonyl (C=O) groups excluding carboxylic acids is 1. The van der Waals surface area contributed by atoms with Crippen molar-refractivity contribution in [3.05, 3.63) is 76.5 Å². The van der Waals surface area contributed by atoms with Gasteiger partial charge in [0.15, 0.2) is 16.9 Å². The lowest BCUT2D eigenvalue weighted by Crippen LogP contribution is -2.49. The second-order valence-corrected chi connectivity index (χ2v) is 9.47. The number of nitrogens with zero attached hydrogens (tertiary/aromatic N) is 4. The molecule has 2 aromatic carbocycles. The largest absolute Gasteiger partial charge is 0.496 e. The number of nitrogens with two attached hydrogens (primary N) is 1. The maximum absolute atomic E-state index is 12.7.